The summed E-state index contributed by atoms with van der Waals surface area (Å²) in [4.78, 5) is 39.2. The van der Waals surface area contributed by atoms with Gasteiger partial charge in [-0.2, -0.15) is 0 Å². The van der Waals surface area contributed by atoms with E-state index in [4.69, 9.17) is 14.2 Å². The van der Waals surface area contributed by atoms with Gasteiger partial charge in [0, 0.05) is 15.7 Å². The van der Waals surface area contributed by atoms with Gasteiger partial charge in [0.15, 0.2) is 23.9 Å². The van der Waals surface area contributed by atoms with Gasteiger partial charge in [0.05, 0.1) is 26.3 Å². The molecule has 0 spiro atoms. The predicted molar refractivity (Wildman–Crippen MR) is 107 cm³/mol. The first-order valence-electron chi connectivity index (χ1n) is 8.48. The summed E-state index contributed by atoms with van der Waals surface area (Å²) in [7, 11) is 3.02. The van der Waals surface area contributed by atoms with Crippen LogP contribution in [0.1, 0.15) is 44.6 Å². The first kappa shape index (κ1) is 21.7. The van der Waals surface area contributed by atoms with Crippen LogP contribution < -0.4 is 9.47 Å². The molecule has 0 unspecified atom stereocenters. The average molecular weight is 452 g/mol. The molecule has 0 amide bonds. The van der Waals surface area contributed by atoms with Gasteiger partial charge >= 0.3 is 5.97 Å². The fourth-order valence-electron chi connectivity index (χ4n) is 3.01. The molecule has 0 saturated heterocycles. The summed E-state index contributed by atoms with van der Waals surface area (Å²) >= 11 is 3.38. The molecule has 0 saturated carbocycles. The topological polar surface area (TPSA) is 94.7 Å². The molecule has 0 aliphatic heterocycles. The first-order valence-corrected chi connectivity index (χ1v) is 9.28. The molecule has 0 radical (unpaired) electrons. The Morgan fingerprint density at radius 1 is 1.07 bits per heavy atom. The molecule has 2 rings (SSSR count). The number of aryl methyl sites for hydroxylation is 1. The molecular formula is C20H22BrNO6. The van der Waals surface area contributed by atoms with Crippen LogP contribution in [0.4, 0.5) is 0 Å². The molecule has 28 heavy (non-hydrogen) atoms. The average Bonchev–Trinajstić information content (AvgIpc) is 2.95. The molecule has 0 atom stereocenters. The first-order chi connectivity index (χ1) is 13.2. The molecule has 2 aromatic rings. The van der Waals surface area contributed by atoms with Crippen molar-refractivity contribution in [2.24, 2.45) is 0 Å². The molecule has 8 heteroatoms. The van der Waals surface area contributed by atoms with Gasteiger partial charge in [0.1, 0.15) is 0 Å². The minimum absolute atomic E-state index is 0.0460. The monoisotopic (exact) mass is 451 g/mol. The van der Waals surface area contributed by atoms with Crippen molar-refractivity contribution >= 4 is 33.5 Å². The van der Waals surface area contributed by atoms with Crippen molar-refractivity contribution in [2.75, 3.05) is 20.8 Å². The summed E-state index contributed by atoms with van der Waals surface area (Å²) in [5, 5.41) is 0. The smallest absolute Gasteiger partial charge is 0.310 e. The third kappa shape index (κ3) is 4.62. The van der Waals surface area contributed by atoms with Gasteiger partial charge in [0.2, 0.25) is 5.78 Å². The number of ketones is 2. The van der Waals surface area contributed by atoms with Crippen molar-refractivity contribution in [3.63, 3.8) is 0 Å². The molecule has 0 bridgehead atoms. The Morgan fingerprint density at radius 2 is 1.68 bits per heavy atom. The van der Waals surface area contributed by atoms with Crippen LogP contribution in [0.3, 0.4) is 0 Å². The Balaban J connectivity index is 2.06. The Bertz CT molecular complexity index is 931. The van der Waals surface area contributed by atoms with Gasteiger partial charge in [0.25, 0.3) is 0 Å². The second-order valence-corrected chi connectivity index (χ2v) is 7.09. The standard InChI is InChI=1S/C20H22BrNO6/c1-10-19(12(3)23)11(2)22-20(10)15(24)9-28-18(25)7-13-6-16(26-4)17(27-5)8-14(13)21/h6,8,22H,7,9H2,1-5H3. The van der Waals surface area contributed by atoms with Crippen molar-refractivity contribution in [1.29, 1.82) is 0 Å². The van der Waals surface area contributed by atoms with E-state index in [2.05, 4.69) is 20.9 Å². The number of aromatic amines is 1. The van der Waals surface area contributed by atoms with E-state index >= 15 is 0 Å². The third-order valence-electron chi connectivity index (χ3n) is 4.32. The molecule has 1 N–H and O–H groups in total. The van der Waals surface area contributed by atoms with Gasteiger partial charge in [-0.3, -0.25) is 14.4 Å². The summed E-state index contributed by atoms with van der Waals surface area (Å²) in [6, 6.07) is 3.37. The number of aromatic nitrogens is 1. The molecule has 1 heterocycles. The number of hydrogen-bond acceptors (Lipinski definition) is 6. The zero-order chi connectivity index (χ0) is 21.0. The van der Waals surface area contributed by atoms with Crippen LogP contribution in [0.2, 0.25) is 0 Å². The van der Waals surface area contributed by atoms with Crippen molar-refractivity contribution in [2.45, 2.75) is 27.2 Å². The zero-order valence-corrected chi connectivity index (χ0v) is 18.0. The van der Waals surface area contributed by atoms with Crippen LogP contribution in [0.15, 0.2) is 16.6 Å². The maximum absolute atomic E-state index is 12.4. The van der Waals surface area contributed by atoms with Crippen LogP contribution >= 0.6 is 15.9 Å². The van der Waals surface area contributed by atoms with E-state index in [1.165, 1.54) is 21.1 Å². The van der Waals surface area contributed by atoms with E-state index in [-0.39, 0.29) is 17.9 Å². The number of methoxy groups -OCH3 is 2. The molecule has 0 fully saturated rings. The highest BCUT2D eigenvalue weighted by Gasteiger charge is 2.21. The summed E-state index contributed by atoms with van der Waals surface area (Å²) < 4.78 is 16.2. The summed E-state index contributed by atoms with van der Waals surface area (Å²) in [5.74, 6) is -0.0678. The van der Waals surface area contributed by atoms with Crippen molar-refractivity contribution in [3.8, 4) is 11.5 Å². The van der Waals surface area contributed by atoms with E-state index in [0.29, 0.717) is 38.4 Å². The summed E-state index contributed by atoms with van der Waals surface area (Å²) in [5.41, 5.74) is 2.59. The SMILES string of the molecule is COc1cc(Br)c(CC(=O)OCC(=O)c2[nH]c(C)c(C(C)=O)c2C)cc1OC. The zero-order valence-electron chi connectivity index (χ0n) is 16.4. The summed E-state index contributed by atoms with van der Waals surface area (Å²) in [6.07, 6.45) is -0.0460. The second kappa shape index (κ2) is 9.05. The fraction of sp³-hybridized carbons (Fsp3) is 0.350. The van der Waals surface area contributed by atoms with Crippen LogP contribution in [0.5, 0.6) is 11.5 Å². The number of carbonyl (C=O) groups excluding carboxylic acids is 3. The lowest BCUT2D eigenvalue weighted by Crippen LogP contribution is -2.17. The van der Waals surface area contributed by atoms with Gasteiger partial charge < -0.3 is 19.2 Å². The lowest BCUT2D eigenvalue weighted by Gasteiger charge is -2.11. The second-order valence-electron chi connectivity index (χ2n) is 6.24. The van der Waals surface area contributed by atoms with Crippen LogP contribution in [-0.4, -0.2) is 43.3 Å². The number of Topliss-reactive ketones (excluding diaryl/α,β-unsaturated/α-hetero) is 2. The Morgan fingerprint density at radius 3 is 2.21 bits per heavy atom. The molecule has 0 aliphatic carbocycles. The van der Waals surface area contributed by atoms with Crippen LogP contribution in [-0.2, 0) is 16.0 Å². The van der Waals surface area contributed by atoms with Crippen molar-refractivity contribution < 1.29 is 28.6 Å². The molecular weight excluding hydrogens is 430 g/mol. The summed E-state index contributed by atoms with van der Waals surface area (Å²) in [6.45, 7) is 4.44. The highest BCUT2D eigenvalue weighted by atomic mass is 79.9. The minimum atomic E-state index is -0.561. The lowest BCUT2D eigenvalue weighted by atomic mass is 10.1. The Kier molecular flexibility index (Phi) is 7.01. The maximum atomic E-state index is 12.4. The quantitative estimate of drug-likeness (QED) is 0.486. The Hall–Kier alpha value is -2.61. The van der Waals surface area contributed by atoms with Crippen LogP contribution in [0.25, 0.3) is 0 Å². The molecule has 150 valence electrons. The number of halogens is 1. The van der Waals surface area contributed by atoms with E-state index in [0.717, 1.165) is 0 Å². The molecule has 7 nitrogen and oxygen atoms in total. The van der Waals surface area contributed by atoms with E-state index in [1.807, 2.05) is 0 Å². The lowest BCUT2D eigenvalue weighted by molar-refractivity contribution is -0.141. The van der Waals surface area contributed by atoms with Gasteiger partial charge in [-0.15, -0.1) is 0 Å². The van der Waals surface area contributed by atoms with Gasteiger partial charge in [-0.1, -0.05) is 15.9 Å². The number of benzene rings is 1. The highest BCUT2D eigenvalue weighted by molar-refractivity contribution is 9.10. The number of rotatable bonds is 8. The molecule has 0 aliphatic rings. The maximum Gasteiger partial charge on any atom is 0.310 e. The number of H-pyrrole nitrogens is 1. The van der Waals surface area contributed by atoms with Gasteiger partial charge in [-0.25, -0.2) is 0 Å². The minimum Gasteiger partial charge on any atom is -0.493 e. The third-order valence-corrected chi connectivity index (χ3v) is 5.06. The number of hydrogen-bond donors (Lipinski definition) is 1. The largest absolute Gasteiger partial charge is 0.493 e. The van der Waals surface area contributed by atoms with Crippen LogP contribution in [0, 0.1) is 13.8 Å². The number of carbonyl (C=O) groups is 3. The van der Waals surface area contributed by atoms with E-state index in [1.54, 1.807) is 26.0 Å². The number of ether oxygens (including phenoxy) is 3. The Labute approximate surface area is 171 Å². The van der Waals surface area contributed by atoms with Crippen molar-refractivity contribution in [1.82, 2.24) is 4.98 Å². The highest BCUT2D eigenvalue weighted by Crippen LogP contribution is 2.33. The van der Waals surface area contributed by atoms with E-state index in [9.17, 15) is 14.4 Å². The number of nitrogens with one attached hydrogen (secondary N) is 1. The normalized spacial score (nSPS) is 10.5. The predicted octanol–water partition coefficient (Wildman–Crippen LogP) is 3.58. The van der Waals surface area contributed by atoms with Gasteiger partial charge in [-0.05, 0) is 44.0 Å². The fourth-order valence-corrected chi connectivity index (χ4v) is 3.48. The molecule has 1 aromatic heterocycles. The van der Waals surface area contributed by atoms with E-state index < -0.39 is 18.4 Å². The molecule has 1 aromatic carbocycles. The number of esters is 1. The van der Waals surface area contributed by atoms with Crippen molar-refractivity contribution in [3.05, 3.63) is 44.7 Å².